The van der Waals surface area contributed by atoms with E-state index in [1.54, 1.807) is 6.07 Å². The summed E-state index contributed by atoms with van der Waals surface area (Å²) in [7, 11) is 0. The fourth-order valence-electron chi connectivity index (χ4n) is 6.87. The van der Waals surface area contributed by atoms with Crippen LogP contribution in [0.5, 0.6) is 0 Å². The molecule has 2 unspecified atom stereocenters. The van der Waals surface area contributed by atoms with E-state index in [9.17, 15) is 15.2 Å². The van der Waals surface area contributed by atoms with Crippen LogP contribution in [0.2, 0.25) is 0 Å². The number of piperidine rings is 2. The summed E-state index contributed by atoms with van der Waals surface area (Å²) >= 11 is 0. The molecular formula is C31H30N2O3. The van der Waals surface area contributed by atoms with Gasteiger partial charge in [0, 0.05) is 30.8 Å². The molecule has 0 saturated carbocycles. The first-order valence-electron chi connectivity index (χ1n) is 12.9. The molecule has 2 bridgehead atoms. The number of nitrogens with zero attached hydrogens (tertiary/aromatic N) is 2. The van der Waals surface area contributed by atoms with Crippen LogP contribution in [-0.2, 0) is 10.3 Å². The molecule has 0 radical (unpaired) electrons. The summed E-state index contributed by atoms with van der Waals surface area (Å²) < 4.78 is 6.01. The Hall–Kier alpha value is -3.62. The lowest BCUT2D eigenvalue weighted by molar-refractivity contribution is -0.0893. The Labute approximate surface area is 211 Å². The average molecular weight is 479 g/mol. The van der Waals surface area contributed by atoms with E-state index in [-0.39, 0.29) is 24.1 Å². The van der Waals surface area contributed by atoms with Gasteiger partial charge in [0.15, 0.2) is 0 Å². The van der Waals surface area contributed by atoms with Crippen molar-refractivity contribution in [3.05, 3.63) is 94.5 Å². The molecule has 5 nitrogen and oxygen atoms in total. The van der Waals surface area contributed by atoms with Gasteiger partial charge in [-0.3, -0.25) is 0 Å². The van der Waals surface area contributed by atoms with Crippen molar-refractivity contribution < 1.29 is 14.6 Å². The number of benzene rings is 3. The summed E-state index contributed by atoms with van der Waals surface area (Å²) in [4.78, 5) is 15.4. The molecule has 0 aromatic heterocycles. The van der Waals surface area contributed by atoms with Crippen LogP contribution in [0.25, 0.3) is 11.1 Å². The normalized spacial score (nSPS) is 24.5. The third-order valence-corrected chi connectivity index (χ3v) is 8.41. The third kappa shape index (κ3) is 3.68. The second-order valence-electron chi connectivity index (χ2n) is 10.5. The van der Waals surface area contributed by atoms with Gasteiger partial charge in [0.2, 0.25) is 0 Å². The first-order chi connectivity index (χ1) is 17.5. The number of rotatable bonds is 3. The quantitative estimate of drug-likeness (QED) is 0.500. The van der Waals surface area contributed by atoms with E-state index in [1.807, 2.05) is 36.1 Å². The third-order valence-electron chi connectivity index (χ3n) is 8.41. The number of amides is 1. The van der Waals surface area contributed by atoms with Crippen molar-refractivity contribution >= 4 is 6.09 Å². The SMILES string of the molecule is Cc1cc(C#N)ccc1C1(O)CC2CCCC(C1)N2C(=O)OCC1c2ccccc2-c2ccccc21. The Morgan fingerprint density at radius 2 is 1.64 bits per heavy atom. The second kappa shape index (κ2) is 8.80. The van der Waals surface area contributed by atoms with Crippen LogP contribution in [0, 0.1) is 18.3 Å². The largest absolute Gasteiger partial charge is 0.448 e. The van der Waals surface area contributed by atoms with Crippen LogP contribution in [-0.4, -0.2) is 34.8 Å². The molecule has 2 fully saturated rings. The van der Waals surface area contributed by atoms with E-state index >= 15 is 0 Å². The number of hydrogen-bond acceptors (Lipinski definition) is 4. The highest BCUT2D eigenvalue weighted by Gasteiger charge is 2.49. The molecular weight excluding hydrogens is 448 g/mol. The minimum Gasteiger partial charge on any atom is -0.448 e. The van der Waals surface area contributed by atoms with Crippen molar-refractivity contribution in [3.8, 4) is 17.2 Å². The Kier molecular flexibility index (Phi) is 5.58. The number of hydrogen-bond donors (Lipinski definition) is 1. The Balaban J connectivity index is 1.21. The molecule has 182 valence electrons. The molecule has 3 aromatic carbocycles. The lowest BCUT2D eigenvalue weighted by Crippen LogP contribution is -2.59. The highest BCUT2D eigenvalue weighted by Crippen LogP contribution is 2.47. The maximum Gasteiger partial charge on any atom is 0.410 e. The van der Waals surface area contributed by atoms with Gasteiger partial charge >= 0.3 is 6.09 Å². The van der Waals surface area contributed by atoms with Crippen molar-refractivity contribution in [1.82, 2.24) is 4.90 Å². The summed E-state index contributed by atoms with van der Waals surface area (Å²) in [5.41, 5.74) is 6.21. The van der Waals surface area contributed by atoms with E-state index in [0.717, 1.165) is 30.4 Å². The predicted octanol–water partition coefficient (Wildman–Crippen LogP) is 6.02. The lowest BCUT2D eigenvalue weighted by Gasteiger charge is -2.51. The van der Waals surface area contributed by atoms with E-state index in [1.165, 1.54) is 22.3 Å². The molecule has 3 aromatic rings. The van der Waals surface area contributed by atoms with Gasteiger partial charge in [-0.2, -0.15) is 5.26 Å². The van der Waals surface area contributed by atoms with E-state index in [2.05, 4.69) is 42.5 Å². The minimum absolute atomic E-state index is 0.0317. The number of aryl methyl sites for hydroxylation is 1. The zero-order valence-corrected chi connectivity index (χ0v) is 20.5. The summed E-state index contributed by atoms with van der Waals surface area (Å²) in [6.45, 7) is 2.25. The van der Waals surface area contributed by atoms with Gasteiger partial charge in [-0.1, -0.05) is 54.6 Å². The molecule has 2 aliphatic heterocycles. The van der Waals surface area contributed by atoms with Crippen molar-refractivity contribution in [2.45, 2.75) is 62.6 Å². The highest BCUT2D eigenvalue weighted by atomic mass is 16.6. The number of nitriles is 1. The summed E-state index contributed by atoms with van der Waals surface area (Å²) in [5, 5.41) is 21.0. The van der Waals surface area contributed by atoms with Gasteiger partial charge in [0.1, 0.15) is 6.61 Å². The first-order valence-corrected chi connectivity index (χ1v) is 12.9. The van der Waals surface area contributed by atoms with Crippen LogP contribution >= 0.6 is 0 Å². The van der Waals surface area contributed by atoms with Crippen LogP contribution in [0.3, 0.4) is 0 Å². The monoisotopic (exact) mass is 478 g/mol. The molecule has 1 N–H and O–H groups in total. The molecule has 0 spiro atoms. The zero-order chi connectivity index (χ0) is 24.9. The van der Waals surface area contributed by atoms with Gasteiger partial charge < -0.3 is 14.7 Å². The predicted molar refractivity (Wildman–Crippen MR) is 137 cm³/mol. The molecule has 6 rings (SSSR count). The summed E-state index contributed by atoms with van der Waals surface area (Å²) in [6.07, 6.45) is 3.47. The minimum atomic E-state index is -1.01. The number of aliphatic hydroxyl groups is 1. The van der Waals surface area contributed by atoms with Crippen molar-refractivity contribution in [1.29, 1.82) is 5.26 Å². The maximum atomic E-state index is 13.5. The van der Waals surface area contributed by atoms with E-state index < -0.39 is 5.60 Å². The molecule has 5 heteroatoms. The van der Waals surface area contributed by atoms with Gasteiger partial charge in [0.25, 0.3) is 0 Å². The van der Waals surface area contributed by atoms with Gasteiger partial charge in [-0.15, -0.1) is 0 Å². The molecule has 3 aliphatic rings. The zero-order valence-electron chi connectivity index (χ0n) is 20.5. The second-order valence-corrected chi connectivity index (χ2v) is 10.5. The van der Waals surface area contributed by atoms with Crippen molar-refractivity contribution in [3.63, 3.8) is 0 Å². The van der Waals surface area contributed by atoms with Gasteiger partial charge in [-0.25, -0.2) is 4.79 Å². The fourth-order valence-corrected chi connectivity index (χ4v) is 6.87. The standard InChI is InChI=1S/C31H30N2O3/c1-20-15-21(18-32)13-14-29(20)31(35)16-22-7-6-8-23(17-31)33(22)30(34)36-19-28-26-11-4-2-9-24(26)25-10-3-5-12-27(25)28/h2-5,9-15,22-23,28,35H,6-8,16-17,19H2,1H3. The fraction of sp³-hybridized carbons (Fsp3) is 0.355. The average Bonchev–Trinajstić information content (AvgIpc) is 3.20. The Morgan fingerprint density at radius 1 is 1.03 bits per heavy atom. The van der Waals surface area contributed by atoms with Crippen LogP contribution in [0.15, 0.2) is 66.7 Å². The van der Waals surface area contributed by atoms with Crippen molar-refractivity contribution in [2.24, 2.45) is 0 Å². The Morgan fingerprint density at radius 3 is 2.22 bits per heavy atom. The van der Waals surface area contributed by atoms with Crippen molar-refractivity contribution in [2.75, 3.05) is 6.61 Å². The summed E-state index contributed by atoms with van der Waals surface area (Å²) in [6, 6.07) is 24.3. The summed E-state index contributed by atoms with van der Waals surface area (Å²) in [5.74, 6) is 0.0317. The van der Waals surface area contributed by atoms with Crippen LogP contribution < -0.4 is 0 Å². The molecule has 1 aliphatic carbocycles. The van der Waals surface area contributed by atoms with Crippen LogP contribution in [0.4, 0.5) is 4.79 Å². The van der Waals surface area contributed by atoms with Gasteiger partial charge in [-0.05, 0) is 71.7 Å². The smallest absolute Gasteiger partial charge is 0.410 e. The highest BCUT2D eigenvalue weighted by molar-refractivity contribution is 5.79. The lowest BCUT2D eigenvalue weighted by atomic mass is 9.71. The molecule has 2 atom stereocenters. The topological polar surface area (TPSA) is 73.6 Å². The number of carbonyl (C=O) groups is 1. The molecule has 2 saturated heterocycles. The first kappa shape index (κ1) is 22.8. The van der Waals surface area contributed by atoms with Crippen LogP contribution in [0.1, 0.15) is 65.8 Å². The Bertz CT molecular complexity index is 1310. The number of fused-ring (bicyclic) bond motifs is 5. The molecule has 2 heterocycles. The van der Waals surface area contributed by atoms with E-state index in [4.69, 9.17) is 4.74 Å². The number of ether oxygens (including phenoxy) is 1. The van der Waals surface area contributed by atoms with E-state index in [0.29, 0.717) is 25.0 Å². The maximum absolute atomic E-state index is 13.5. The van der Waals surface area contributed by atoms with Gasteiger partial charge in [0.05, 0.1) is 17.2 Å². The molecule has 36 heavy (non-hydrogen) atoms. The number of carbonyl (C=O) groups excluding carboxylic acids is 1. The molecule has 1 amide bonds.